The van der Waals surface area contributed by atoms with Gasteiger partial charge in [-0.05, 0) is 38.0 Å². The van der Waals surface area contributed by atoms with E-state index >= 15 is 0 Å². The average Bonchev–Trinajstić information content (AvgIpc) is 2.85. The van der Waals surface area contributed by atoms with Crippen molar-refractivity contribution in [3.63, 3.8) is 0 Å². The highest BCUT2D eigenvalue weighted by Crippen LogP contribution is 2.13. The molecule has 2 aromatic rings. The van der Waals surface area contributed by atoms with Crippen LogP contribution >= 0.6 is 0 Å². The molecule has 0 radical (unpaired) electrons. The molecule has 1 unspecified atom stereocenters. The molecule has 1 heterocycles. The zero-order chi connectivity index (χ0) is 16.8. The molecular weight excluding hydrogens is 301 g/mol. The Hall–Kier alpha value is -2.41. The van der Waals surface area contributed by atoms with Crippen molar-refractivity contribution in [1.29, 1.82) is 0 Å². The number of aliphatic hydroxyl groups is 1. The van der Waals surface area contributed by atoms with E-state index in [1.54, 1.807) is 0 Å². The second-order valence-electron chi connectivity index (χ2n) is 5.26. The van der Waals surface area contributed by atoms with Crippen molar-refractivity contribution < 1.29 is 18.8 Å². The molecule has 2 rings (SSSR count). The lowest BCUT2D eigenvalue weighted by molar-refractivity contribution is 0.173. The Bertz CT molecular complexity index is 636. The van der Waals surface area contributed by atoms with Crippen LogP contribution in [0.4, 0.5) is 9.18 Å². The summed E-state index contributed by atoms with van der Waals surface area (Å²) in [5.41, 5.74) is 2.34. The molecule has 0 aliphatic rings. The van der Waals surface area contributed by atoms with Crippen LogP contribution in [0.2, 0.25) is 0 Å². The maximum absolute atomic E-state index is 12.8. The summed E-state index contributed by atoms with van der Waals surface area (Å²) < 4.78 is 17.9. The zero-order valence-electron chi connectivity index (χ0n) is 13.1. The number of hydrogen-bond acceptors (Lipinski definition) is 4. The Labute approximate surface area is 133 Å². The first-order valence-corrected chi connectivity index (χ1v) is 7.34. The van der Waals surface area contributed by atoms with Gasteiger partial charge in [-0.2, -0.15) is 0 Å². The van der Waals surface area contributed by atoms with Gasteiger partial charge in [-0.1, -0.05) is 17.3 Å². The number of nitrogens with one attached hydrogen (secondary N) is 2. The molecule has 7 heteroatoms. The number of benzene rings is 1. The van der Waals surface area contributed by atoms with E-state index in [4.69, 9.17) is 4.52 Å². The first-order chi connectivity index (χ1) is 11.0. The fourth-order valence-electron chi connectivity index (χ4n) is 2.21. The highest BCUT2D eigenvalue weighted by molar-refractivity contribution is 5.73. The quantitative estimate of drug-likeness (QED) is 0.759. The van der Waals surface area contributed by atoms with Crippen molar-refractivity contribution in [3.8, 4) is 0 Å². The number of aromatic nitrogens is 1. The Kier molecular flexibility index (Phi) is 5.70. The van der Waals surface area contributed by atoms with E-state index < -0.39 is 6.10 Å². The normalized spacial score (nSPS) is 12.0. The SMILES string of the molecule is Cc1noc(C)c1CCNC(=O)NCC(O)c1ccc(F)cc1. The molecule has 0 saturated carbocycles. The van der Waals surface area contributed by atoms with Gasteiger partial charge in [0, 0.05) is 18.7 Å². The fraction of sp³-hybridized carbons (Fsp3) is 0.375. The number of carbonyl (C=O) groups is 1. The molecule has 0 aliphatic heterocycles. The van der Waals surface area contributed by atoms with E-state index in [1.807, 2.05) is 13.8 Å². The molecule has 6 nitrogen and oxygen atoms in total. The lowest BCUT2D eigenvalue weighted by Crippen LogP contribution is -2.38. The Morgan fingerprint density at radius 1 is 1.30 bits per heavy atom. The van der Waals surface area contributed by atoms with E-state index in [-0.39, 0.29) is 18.4 Å². The standard InChI is InChI=1S/C16H20FN3O3/c1-10-14(11(2)23-20-10)7-8-18-16(22)19-9-15(21)12-3-5-13(17)6-4-12/h3-6,15,21H,7-9H2,1-2H3,(H2,18,19,22). The van der Waals surface area contributed by atoms with Crippen LogP contribution in [0.1, 0.15) is 28.7 Å². The highest BCUT2D eigenvalue weighted by atomic mass is 19.1. The predicted octanol–water partition coefficient (Wildman–Crippen LogP) is 2.01. The molecule has 1 atom stereocenters. The van der Waals surface area contributed by atoms with Crippen LogP contribution < -0.4 is 10.6 Å². The van der Waals surface area contributed by atoms with Crippen molar-refractivity contribution in [2.24, 2.45) is 0 Å². The minimum Gasteiger partial charge on any atom is -0.387 e. The monoisotopic (exact) mass is 321 g/mol. The second-order valence-corrected chi connectivity index (χ2v) is 5.26. The summed E-state index contributed by atoms with van der Waals surface area (Å²) in [4.78, 5) is 11.7. The third-order valence-electron chi connectivity index (χ3n) is 3.55. The lowest BCUT2D eigenvalue weighted by atomic mass is 10.1. The van der Waals surface area contributed by atoms with Crippen LogP contribution in [0.15, 0.2) is 28.8 Å². The van der Waals surface area contributed by atoms with Crippen molar-refractivity contribution in [3.05, 3.63) is 52.7 Å². The Morgan fingerprint density at radius 3 is 2.61 bits per heavy atom. The smallest absolute Gasteiger partial charge is 0.314 e. The molecule has 1 aromatic heterocycles. The van der Waals surface area contributed by atoms with Gasteiger partial charge >= 0.3 is 6.03 Å². The Balaban J connectivity index is 1.71. The van der Waals surface area contributed by atoms with E-state index in [1.165, 1.54) is 24.3 Å². The van der Waals surface area contributed by atoms with Gasteiger partial charge in [0.15, 0.2) is 0 Å². The van der Waals surface area contributed by atoms with E-state index in [0.717, 1.165) is 17.0 Å². The van der Waals surface area contributed by atoms with E-state index in [9.17, 15) is 14.3 Å². The number of urea groups is 1. The van der Waals surface area contributed by atoms with Crippen LogP contribution in [0.5, 0.6) is 0 Å². The summed E-state index contributed by atoms with van der Waals surface area (Å²) in [6.07, 6.45) is -0.265. The topological polar surface area (TPSA) is 87.4 Å². The number of aryl methyl sites for hydroxylation is 2. The van der Waals surface area contributed by atoms with Gasteiger partial charge in [-0.25, -0.2) is 9.18 Å². The molecule has 1 aromatic carbocycles. The molecule has 0 fully saturated rings. The largest absolute Gasteiger partial charge is 0.387 e. The first-order valence-electron chi connectivity index (χ1n) is 7.34. The number of rotatable bonds is 6. The van der Waals surface area contributed by atoms with Crippen LogP contribution in [-0.2, 0) is 6.42 Å². The third kappa shape index (κ3) is 4.79. The lowest BCUT2D eigenvalue weighted by Gasteiger charge is -2.13. The van der Waals surface area contributed by atoms with Gasteiger partial charge in [-0.15, -0.1) is 0 Å². The maximum atomic E-state index is 12.8. The van der Waals surface area contributed by atoms with Gasteiger partial charge in [-0.3, -0.25) is 0 Å². The minimum atomic E-state index is -0.885. The second kappa shape index (κ2) is 7.73. The number of hydrogen-bond donors (Lipinski definition) is 3. The molecule has 2 amide bonds. The zero-order valence-corrected chi connectivity index (χ0v) is 13.1. The third-order valence-corrected chi connectivity index (χ3v) is 3.55. The number of carbonyl (C=O) groups excluding carboxylic acids is 1. The number of aliphatic hydroxyl groups excluding tert-OH is 1. The summed E-state index contributed by atoms with van der Waals surface area (Å²) in [7, 11) is 0. The molecular formula is C16H20FN3O3. The average molecular weight is 321 g/mol. The van der Waals surface area contributed by atoms with Crippen LogP contribution in [0.3, 0.4) is 0 Å². The number of halogens is 1. The van der Waals surface area contributed by atoms with Crippen molar-refractivity contribution >= 4 is 6.03 Å². The van der Waals surface area contributed by atoms with Gasteiger partial charge in [0.25, 0.3) is 0 Å². The molecule has 0 saturated heterocycles. The van der Waals surface area contributed by atoms with Crippen molar-refractivity contribution in [2.75, 3.05) is 13.1 Å². The first kappa shape index (κ1) is 17.0. The van der Waals surface area contributed by atoms with Crippen molar-refractivity contribution in [2.45, 2.75) is 26.4 Å². The summed E-state index contributed by atoms with van der Waals surface area (Å²) in [5.74, 6) is 0.377. The maximum Gasteiger partial charge on any atom is 0.314 e. The van der Waals surface area contributed by atoms with Crippen LogP contribution in [-0.4, -0.2) is 29.4 Å². The summed E-state index contributed by atoms with van der Waals surface area (Å²) in [5, 5.41) is 19.0. The van der Waals surface area contributed by atoms with E-state index in [0.29, 0.717) is 18.5 Å². The van der Waals surface area contributed by atoms with Gasteiger partial charge < -0.3 is 20.3 Å². The number of nitrogens with zero attached hydrogens (tertiary/aromatic N) is 1. The van der Waals surface area contributed by atoms with Crippen molar-refractivity contribution in [1.82, 2.24) is 15.8 Å². The van der Waals surface area contributed by atoms with Gasteiger partial charge in [0.2, 0.25) is 0 Å². The fourth-order valence-corrected chi connectivity index (χ4v) is 2.21. The predicted molar refractivity (Wildman–Crippen MR) is 82.4 cm³/mol. The van der Waals surface area contributed by atoms with Gasteiger partial charge in [0.1, 0.15) is 11.6 Å². The molecule has 124 valence electrons. The summed E-state index contributed by atoms with van der Waals surface area (Å²) >= 11 is 0. The van der Waals surface area contributed by atoms with Crippen LogP contribution in [0.25, 0.3) is 0 Å². The number of amides is 2. The Morgan fingerprint density at radius 2 is 2.00 bits per heavy atom. The minimum absolute atomic E-state index is 0.0444. The summed E-state index contributed by atoms with van der Waals surface area (Å²) in [6, 6.07) is 5.12. The molecule has 23 heavy (non-hydrogen) atoms. The highest BCUT2D eigenvalue weighted by Gasteiger charge is 2.11. The molecule has 0 bridgehead atoms. The van der Waals surface area contributed by atoms with Crippen LogP contribution in [0, 0.1) is 19.7 Å². The van der Waals surface area contributed by atoms with Gasteiger partial charge in [0.05, 0.1) is 11.8 Å². The molecule has 0 aliphatic carbocycles. The molecule has 0 spiro atoms. The van der Waals surface area contributed by atoms with E-state index in [2.05, 4.69) is 15.8 Å². The summed E-state index contributed by atoms with van der Waals surface area (Å²) in [6.45, 7) is 4.16. The molecule has 3 N–H and O–H groups in total.